The maximum atomic E-state index is 15.0. The van der Waals surface area contributed by atoms with Gasteiger partial charge in [0.1, 0.15) is 11.4 Å². The summed E-state index contributed by atoms with van der Waals surface area (Å²) in [5, 5.41) is 0. The number of benzene rings is 3. The molecule has 3 aromatic carbocycles. The Kier molecular flexibility index (Phi) is 7.25. The molecule has 0 saturated heterocycles. The average molecular weight is 481 g/mol. The number of hydrogen-bond donors (Lipinski definition) is 0. The highest BCUT2D eigenvalue weighted by Gasteiger charge is 2.39. The predicted molar refractivity (Wildman–Crippen MR) is 132 cm³/mol. The molecule has 182 valence electrons. The Bertz CT molecular complexity index is 1200. The lowest BCUT2D eigenvalue weighted by molar-refractivity contribution is -0.140. The van der Waals surface area contributed by atoms with Crippen LogP contribution < -0.4 is 0 Å². The van der Waals surface area contributed by atoms with Crippen LogP contribution in [0.2, 0.25) is 0 Å². The van der Waals surface area contributed by atoms with Crippen molar-refractivity contribution in [1.82, 2.24) is 0 Å². The normalized spacial score (nSPS) is 18.3. The molecule has 0 aliphatic heterocycles. The molecule has 0 atom stereocenters. The summed E-state index contributed by atoms with van der Waals surface area (Å²) in [6.07, 6.45) is 1.59. The van der Waals surface area contributed by atoms with Gasteiger partial charge in [0.2, 0.25) is 0 Å². The van der Waals surface area contributed by atoms with Gasteiger partial charge in [0, 0.05) is 17.5 Å². The van der Waals surface area contributed by atoms with Crippen LogP contribution in [0.3, 0.4) is 0 Å². The van der Waals surface area contributed by atoms with E-state index >= 15 is 4.39 Å². The molecule has 0 radical (unpaired) electrons. The van der Waals surface area contributed by atoms with Gasteiger partial charge in [-0.05, 0) is 65.8 Å². The highest BCUT2D eigenvalue weighted by atomic mass is 19.4. The highest BCUT2D eigenvalue weighted by molar-refractivity contribution is 5.98. The zero-order valence-electron chi connectivity index (χ0n) is 19.7. The van der Waals surface area contributed by atoms with Gasteiger partial charge in [0.15, 0.2) is 5.78 Å². The molecule has 1 aliphatic carbocycles. The molecule has 0 N–H and O–H groups in total. The number of Topliss-reactive ketones (excluding diaryl/α,β-unsaturated/α-hetero) is 1. The molecule has 0 amide bonds. The lowest BCUT2D eigenvalue weighted by Gasteiger charge is -2.27. The molecule has 1 aliphatic rings. The molecular weight excluding hydrogens is 452 g/mol. The Balaban J connectivity index is 1.58. The van der Waals surface area contributed by atoms with E-state index in [1.165, 1.54) is 18.6 Å². The first-order valence-corrected chi connectivity index (χ1v) is 12.0. The monoisotopic (exact) mass is 480 g/mol. The first kappa shape index (κ1) is 24.9. The van der Waals surface area contributed by atoms with E-state index in [1.807, 2.05) is 0 Å². The van der Waals surface area contributed by atoms with Gasteiger partial charge in [0.05, 0.1) is 0 Å². The Morgan fingerprint density at radius 1 is 0.886 bits per heavy atom. The van der Waals surface area contributed by atoms with Crippen molar-refractivity contribution < 1.29 is 22.4 Å². The Morgan fingerprint density at radius 3 is 1.94 bits per heavy atom. The lowest BCUT2D eigenvalue weighted by atomic mass is 9.78. The van der Waals surface area contributed by atoms with Gasteiger partial charge in [-0.3, -0.25) is 4.79 Å². The first-order valence-electron chi connectivity index (χ1n) is 12.0. The molecule has 0 bridgehead atoms. The third-order valence-electron chi connectivity index (χ3n) is 7.06. The molecule has 0 unspecified atom stereocenters. The minimum absolute atomic E-state index is 0.133. The van der Waals surface area contributed by atoms with Gasteiger partial charge in [-0.15, -0.1) is 6.58 Å². The summed E-state index contributed by atoms with van der Waals surface area (Å²) in [5.74, 6) is -0.990. The van der Waals surface area contributed by atoms with Gasteiger partial charge in [0.25, 0.3) is 0 Å². The van der Waals surface area contributed by atoms with Gasteiger partial charge < -0.3 is 0 Å². The smallest absolute Gasteiger partial charge is 0.294 e. The largest absolute Gasteiger partial charge is 0.419 e. The van der Waals surface area contributed by atoms with Gasteiger partial charge >= 0.3 is 6.18 Å². The van der Waals surface area contributed by atoms with Crippen molar-refractivity contribution in [3.8, 4) is 22.3 Å². The average Bonchev–Trinajstić information content (AvgIpc) is 2.87. The summed E-state index contributed by atoms with van der Waals surface area (Å²) in [4.78, 5) is 12.0. The maximum Gasteiger partial charge on any atom is 0.419 e. The molecule has 1 saturated carbocycles. The number of hydrogen-bond acceptors (Lipinski definition) is 1. The minimum Gasteiger partial charge on any atom is -0.294 e. The SMILES string of the molecule is C=CC1CCC(c2ccc(-c3ccc(-c4ccc(C(=O)CC)c(C(F)(F)F)c4F)cc3)cc2)CC1. The number of rotatable bonds is 6. The Labute approximate surface area is 203 Å². The summed E-state index contributed by atoms with van der Waals surface area (Å²) in [7, 11) is 0. The molecule has 3 aromatic rings. The molecule has 4 rings (SSSR count). The topological polar surface area (TPSA) is 17.1 Å². The first-order chi connectivity index (χ1) is 16.7. The molecule has 5 heteroatoms. The fourth-order valence-electron chi connectivity index (χ4n) is 4.98. The van der Waals surface area contributed by atoms with Gasteiger partial charge in [-0.25, -0.2) is 4.39 Å². The molecule has 35 heavy (non-hydrogen) atoms. The maximum absolute atomic E-state index is 15.0. The Morgan fingerprint density at radius 2 is 1.43 bits per heavy atom. The van der Waals surface area contributed by atoms with Crippen LogP contribution in [0, 0.1) is 11.7 Å². The molecule has 0 spiro atoms. The number of carbonyl (C=O) groups is 1. The number of alkyl halides is 3. The van der Waals surface area contributed by atoms with E-state index in [4.69, 9.17) is 0 Å². The van der Waals surface area contributed by atoms with Crippen molar-refractivity contribution in [2.45, 2.75) is 51.1 Å². The van der Waals surface area contributed by atoms with Crippen LogP contribution in [-0.2, 0) is 6.18 Å². The number of allylic oxidation sites excluding steroid dienone is 1. The van der Waals surface area contributed by atoms with Crippen molar-refractivity contribution in [2.24, 2.45) is 5.92 Å². The molecule has 0 heterocycles. The summed E-state index contributed by atoms with van der Waals surface area (Å²) < 4.78 is 55.8. The van der Waals surface area contributed by atoms with Crippen molar-refractivity contribution in [1.29, 1.82) is 0 Å². The van der Waals surface area contributed by atoms with Crippen molar-refractivity contribution in [3.05, 3.63) is 95.8 Å². The minimum atomic E-state index is -4.97. The molecule has 1 fully saturated rings. The number of halogens is 4. The second-order valence-electron chi connectivity index (χ2n) is 9.17. The van der Waals surface area contributed by atoms with E-state index in [9.17, 15) is 18.0 Å². The second kappa shape index (κ2) is 10.2. The highest BCUT2D eigenvalue weighted by Crippen LogP contribution is 2.40. The lowest BCUT2D eigenvalue weighted by Crippen LogP contribution is -2.16. The molecule has 1 nitrogen and oxygen atoms in total. The van der Waals surface area contributed by atoms with E-state index in [-0.39, 0.29) is 12.0 Å². The van der Waals surface area contributed by atoms with E-state index in [0.717, 1.165) is 42.9 Å². The standard InChI is InChI=1S/C30H28F4O/c1-3-19-5-7-20(8-6-19)21-9-11-22(12-10-21)23-13-15-24(16-14-23)25-17-18-26(27(35)4-2)28(29(25)31)30(32,33)34/h3,9-20H,1,4-8H2,2H3. The van der Waals surface area contributed by atoms with Crippen LogP contribution in [0.1, 0.15) is 66.4 Å². The summed E-state index contributed by atoms with van der Waals surface area (Å²) in [5.41, 5.74) is 1.21. The van der Waals surface area contributed by atoms with Crippen LogP contribution in [0.5, 0.6) is 0 Å². The zero-order valence-corrected chi connectivity index (χ0v) is 19.7. The molecule has 0 aromatic heterocycles. The quantitative estimate of drug-likeness (QED) is 0.195. The fourth-order valence-corrected chi connectivity index (χ4v) is 4.98. The van der Waals surface area contributed by atoms with Crippen molar-refractivity contribution in [3.63, 3.8) is 0 Å². The second-order valence-corrected chi connectivity index (χ2v) is 9.17. The van der Waals surface area contributed by atoms with E-state index in [0.29, 0.717) is 17.4 Å². The third-order valence-corrected chi connectivity index (χ3v) is 7.06. The van der Waals surface area contributed by atoms with Gasteiger partial charge in [-0.2, -0.15) is 13.2 Å². The van der Waals surface area contributed by atoms with Crippen LogP contribution in [0.4, 0.5) is 17.6 Å². The van der Waals surface area contributed by atoms with Crippen LogP contribution in [0.15, 0.2) is 73.3 Å². The van der Waals surface area contributed by atoms with Crippen LogP contribution in [0.25, 0.3) is 22.3 Å². The number of ketones is 1. The summed E-state index contributed by atoms with van der Waals surface area (Å²) in [6.45, 7) is 5.35. The van der Waals surface area contributed by atoms with E-state index in [1.54, 1.807) is 24.3 Å². The van der Waals surface area contributed by atoms with Crippen LogP contribution in [-0.4, -0.2) is 5.78 Å². The van der Waals surface area contributed by atoms with Gasteiger partial charge in [-0.1, -0.05) is 67.6 Å². The van der Waals surface area contributed by atoms with E-state index in [2.05, 4.69) is 36.9 Å². The fraction of sp³-hybridized carbons (Fsp3) is 0.300. The Hall–Kier alpha value is -3.21. The summed E-state index contributed by atoms with van der Waals surface area (Å²) in [6, 6.07) is 17.5. The third kappa shape index (κ3) is 5.24. The van der Waals surface area contributed by atoms with Crippen molar-refractivity contribution in [2.75, 3.05) is 0 Å². The number of carbonyl (C=O) groups excluding carboxylic acids is 1. The summed E-state index contributed by atoms with van der Waals surface area (Å²) >= 11 is 0. The zero-order chi connectivity index (χ0) is 25.2. The predicted octanol–water partition coefficient (Wildman–Crippen LogP) is 9.23. The van der Waals surface area contributed by atoms with E-state index < -0.39 is 28.9 Å². The van der Waals surface area contributed by atoms with Crippen molar-refractivity contribution >= 4 is 5.78 Å². The molecular formula is C30H28F4O. The van der Waals surface area contributed by atoms with Crippen LogP contribution >= 0.6 is 0 Å².